The van der Waals surface area contributed by atoms with E-state index in [0.717, 1.165) is 11.8 Å². The second-order valence-electron chi connectivity index (χ2n) is 3.28. The lowest BCUT2D eigenvalue weighted by Crippen LogP contribution is -2.09. The summed E-state index contributed by atoms with van der Waals surface area (Å²) in [5.74, 6) is 1.54. The van der Waals surface area contributed by atoms with Gasteiger partial charge < -0.3 is 5.73 Å². The van der Waals surface area contributed by atoms with Crippen LogP contribution in [-0.2, 0) is 0 Å². The van der Waals surface area contributed by atoms with Crippen molar-refractivity contribution in [1.82, 2.24) is 0 Å². The first-order chi connectivity index (χ1) is 4.88. The Morgan fingerprint density at radius 1 is 1.30 bits per heavy atom. The van der Waals surface area contributed by atoms with Gasteiger partial charge in [0.25, 0.3) is 0 Å². The van der Waals surface area contributed by atoms with E-state index in [9.17, 15) is 0 Å². The van der Waals surface area contributed by atoms with Gasteiger partial charge in [-0.05, 0) is 24.7 Å². The Kier molecular flexibility index (Phi) is 1.38. The first-order valence-corrected chi connectivity index (χ1v) is 3.97. The molecule has 3 atom stereocenters. The normalized spacial score (nSPS) is 43.9. The monoisotopic (exact) mass is 135 g/mol. The van der Waals surface area contributed by atoms with E-state index in [1.165, 1.54) is 12.8 Å². The topological polar surface area (TPSA) is 26.0 Å². The third-order valence-electron chi connectivity index (χ3n) is 2.45. The molecule has 1 nitrogen and oxygen atoms in total. The van der Waals surface area contributed by atoms with Crippen molar-refractivity contribution < 1.29 is 0 Å². The van der Waals surface area contributed by atoms with E-state index in [1.807, 2.05) is 0 Å². The van der Waals surface area contributed by atoms with Gasteiger partial charge in [-0.15, -0.1) is 0 Å². The summed E-state index contributed by atoms with van der Waals surface area (Å²) in [6.45, 7) is 0. The number of allylic oxidation sites excluding steroid dienone is 4. The molecule has 0 amide bonds. The smallest absolute Gasteiger partial charge is 0.00769 e. The Morgan fingerprint density at radius 2 is 2.10 bits per heavy atom. The van der Waals surface area contributed by atoms with Gasteiger partial charge in [-0.1, -0.05) is 24.3 Å². The Balaban J connectivity index is 1.95. The molecule has 0 saturated heterocycles. The van der Waals surface area contributed by atoms with E-state index < -0.39 is 0 Å². The summed E-state index contributed by atoms with van der Waals surface area (Å²) >= 11 is 0. The highest BCUT2D eigenvalue weighted by Crippen LogP contribution is 2.39. The van der Waals surface area contributed by atoms with Gasteiger partial charge in [0, 0.05) is 6.04 Å². The van der Waals surface area contributed by atoms with Crippen LogP contribution in [0.2, 0.25) is 0 Å². The fraction of sp³-hybridized carbons (Fsp3) is 0.556. The maximum absolute atomic E-state index is 5.74. The fourth-order valence-corrected chi connectivity index (χ4v) is 1.65. The van der Waals surface area contributed by atoms with Gasteiger partial charge >= 0.3 is 0 Å². The van der Waals surface area contributed by atoms with E-state index in [4.69, 9.17) is 5.73 Å². The van der Waals surface area contributed by atoms with Crippen LogP contribution in [0.1, 0.15) is 12.8 Å². The van der Waals surface area contributed by atoms with Crippen LogP contribution in [0.15, 0.2) is 24.3 Å². The van der Waals surface area contributed by atoms with E-state index in [1.54, 1.807) is 0 Å². The van der Waals surface area contributed by atoms with Crippen LogP contribution in [0.25, 0.3) is 0 Å². The van der Waals surface area contributed by atoms with Crippen molar-refractivity contribution in [1.29, 1.82) is 0 Å². The van der Waals surface area contributed by atoms with Crippen LogP contribution >= 0.6 is 0 Å². The molecule has 10 heavy (non-hydrogen) atoms. The predicted octanol–water partition coefficient (Wildman–Crippen LogP) is 1.47. The maximum atomic E-state index is 5.74. The number of hydrogen-bond donors (Lipinski definition) is 1. The molecular weight excluding hydrogens is 122 g/mol. The SMILES string of the molecule is N[C@@H]1CC1[C@H]1C=CC=CC1. The molecule has 0 aromatic heterocycles. The van der Waals surface area contributed by atoms with E-state index in [2.05, 4.69) is 24.3 Å². The molecule has 1 unspecified atom stereocenters. The van der Waals surface area contributed by atoms with E-state index in [-0.39, 0.29) is 0 Å². The van der Waals surface area contributed by atoms with Gasteiger partial charge in [0.1, 0.15) is 0 Å². The van der Waals surface area contributed by atoms with E-state index >= 15 is 0 Å². The summed E-state index contributed by atoms with van der Waals surface area (Å²) in [4.78, 5) is 0. The average molecular weight is 135 g/mol. The summed E-state index contributed by atoms with van der Waals surface area (Å²) in [5.41, 5.74) is 5.74. The lowest BCUT2D eigenvalue weighted by molar-refractivity contribution is 0.557. The molecule has 0 radical (unpaired) electrons. The summed E-state index contributed by atoms with van der Waals surface area (Å²) in [6.07, 6.45) is 11.2. The van der Waals surface area contributed by atoms with Crippen molar-refractivity contribution in [3.63, 3.8) is 0 Å². The minimum Gasteiger partial charge on any atom is -0.327 e. The summed E-state index contributed by atoms with van der Waals surface area (Å²) < 4.78 is 0. The van der Waals surface area contributed by atoms with Gasteiger partial charge in [0.15, 0.2) is 0 Å². The summed E-state index contributed by atoms with van der Waals surface area (Å²) in [7, 11) is 0. The molecule has 1 heteroatoms. The van der Waals surface area contributed by atoms with Crippen LogP contribution in [0.3, 0.4) is 0 Å². The molecule has 0 aromatic rings. The molecule has 1 fully saturated rings. The van der Waals surface area contributed by atoms with Crippen molar-refractivity contribution in [2.75, 3.05) is 0 Å². The number of rotatable bonds is 1. The van der Waals surface area contributed by atoms with Crippen LogP contribution in [0, 0.1) is 11.8 Å². The standard InChI is InChI=1S/C9H13N/c10-9-6-8(9)7-4-2-1-3-5-7/h1-4,7-9H,5-6,10H2/t7-,8?,9+/m0/s1. The molecular formula is C9H13N. The van der Waals surface area contributed by atoms with Crippen molar-refractivity contribution in [2.24, 2.45) is 17.6 Å². The first-order valence-electron chi connectivity index (χ1n) is 3.97. The van der Waals surface area contributed by atoms with Crippen molar-refractivity contribution in [3.8, 4) is 0 Å². The Hall–Kier alpha value is -0.560. The van der Waals surface area contributed by atoms with Crippen LogP contribution < -0.4 is 5.73 Å². The second-order valence-corrected chi connectivity index (χ2v) is 3.28. The number of hydrogen-bond acceptors (Lipinski definition) is 1. The molecule has 2 N–H and O–H groups in total. The minimum atomic E-state index is 0.501. The molecule has 2 rings (SSSR count). The molecule has 54 valence electrons. The first kappa shape index (κ1) is 6.17. The molecule has 2 aliphatic carbocycles. The Bertz CT molecular complexity index is 181. The zero-order chi connectivity index (χ0) is 6.97. The Labute approximate surface area is 61.6 Å². The molecule has 0 aromatic carbocycles. The third-order valence-corrected chi connectivity index (χ3v) is 2.45. The molecule has 0 bridgehead atoms. The largest absolute Gasteiger partial charge is 0.327 e. The zero-order valence-corrected chi connectivity index (χ0v) is 6.03. The van der Waals surface area contributed by atoms with Crippen LogP contribution in [0.5, 0.6) is 0 Å². The maximum Gasteiger partial charge on any atom is 0.00769 e. The highest BCUT2D eigenvalue weighted by atomic mass is 14.7. The van der Waals surface area contributed by atoms with Crippen molar-refractivity contribution in [3.05, 3.63) is 24.3 Å². The van der Waals surface area contributed by atoms with Gasteiger partial charge in [-0.25, -0.2) is 0 Å². The molecule has 0 heterocycles. The fourth-order valence-electron chi connectivity index (χ4n) is 1.65. The van der Waals surface area contributed by atoms with Crippen LogP contribution in [0.4, 0.5) is 0 Å². The van der Waals surface area contributed by atoms with Gasteiger partial charge in [-0.3, -0.25) is 0 Å². The van der Waals surface area contributed by atoms with Gasteiger partial charge in [0.2, 0.25) is 0 Å². The molecule has 1 saturated carbocycles. The Morgan fingerprint density at radius 3 is 2.60 bits per heavy atom. The quantitative estimate of drug-likeness (QED) is 0.579. The third kappa shape index (κ3) is 1.01. The molecule has 0 aliphatic heterocycles. The van der Waals surface area contributed by atoms with E-state index in [0.29, 0.717) is 6.04 Å². The lowest BCUT2D eigenvalue weighted by Gasteiger charge is -2.10. The zero-order valence-electron chi connectivity index (χ0n) is 6.03. The average Bonchev–Trinajstić information content (AvgIpc) is 2.69. The van der Waals surface area contributed by atoms with Crippen molar-refractivity contribution in [2.45, 2.75) is 18.9 Å². The van der Waals surface area contributed by atoms with Crippen LogP contribution in [-0.4, -0.2) is 6.04 Å². The molecule has 0 spiro atoms. The highest BCUT2D eigenvalue weighted by Gasteiger charge is 2.38. The van der Waals surface area contributed by atoms with Crippen molar-refractivity contribution >= 4 is 0 Å². The van der Waals surface area contributed by atoms with Gasteiger partial charge in [0.05, 0.1) is 0 Å². The predicted molar refractivity (Wildman–Crippen MR) is 42.5 cm³/mol. The lowest BCUT2D eigenvalue weighted by atomic mass is 9.95. The number of nitrogens with two attached hydrogens (primary N) is 1. The summed E-state index contributed by atoms with van der Waals surface area (Å²) in [5, 5.41) is 0. The molecule has 2 aliphatic rings. The second kappa shape index (κ2) is 2.24. The van der Waals surface area contributed by atoms with Gasteiger partial charge in [-0.2, -0.15) is 0 Å². The minimum absolute atomic E-state index is 0.501. The summed E-state index contributed by atoms with van der Waals surface area (Å²) in [6, 6.07) is 0.501. The highest BCUT2D eigenvalue weighted by molar-refractivity contribution is 5.15.